The Morgan fingerprint density at radius 3 is 2.90 bits per heavy atom. The standard InChI is InChI=1S/C21H23FN4O2S2/c22-16-7-5-15(6-8-16)9-10-23-19(27)14-30-21-25-24-20(18-4-2-12-29-18)26(21)13-17-3-1-11-28-17/h2,4-8,12,17H,1,3,9-11,13-14H2,(H,23,27)/t17-/m1/s1. The van der Waals surface area contributed by atoms with Crippen molar-refractivity contribution in [2.24, 2.45) is 0 Å². The molecule has 158 valence electrons. The zero-order valence-electron chi connectivity index (χ0n) is 16.4. The molecule has 0 unspecified atom stereocenters. The molecular formula is C21H23FN4O2S2. The molecule has 0 radical (unpaired) electrons. The Hall–Kier alpha value is -2.23. The molecule has 1 saturated heterocycles. The van der Waals surface area contributed by atoms with Gasteiger partial charge in [-0.2, -0.15) is 0 Å². The van der Waals surface area contributed by atoms with Crippen LogP contribution in [0.4, 0.5) is 4.39 Å². The number of thiophene rings is 1. The fourth-order valence-electron chi connectivity index (χ4n) is 3.32. The lowest BCUT2D eigenvalue weighted by Gasteiger charge is -2.14. The minimum atomic E-state index is -0.256. The molecule has 9 heteroatoms. The van der Waals surface area contributed by atoms with Gasteiger partial charge in [-0.25, -0.2) is 4.39 Å². The number of amides is 1. The van der Waals surface area contributed by atoms with Gasteiger partial charge in [0.05, 0.1) is 23.3 Å². The van der Waals surface area contributed by atoms with Gasteiger partial charge in [0.1, 0.15) is 5.82 Å². The zero-order valence-corrected chi connectivity index (χ0v) is 18.1. The predicted octanol–water partition coefficient (Wildman–Crippen LogP) is 3.78. The zero-order chi connectivity index (χ0) is 20.8. The third kappa shape index (κ3) is 5.47. The lowest BCUT2D eigenvalue weighted by molar-refractivity contribution is -0.118. The van der Waals surface area contributed by atoms with Gasteiger partial charge in [-0.05, 0) is 48.4 Å². The van der Waals surface area contributed by atoms with Gasteiger partial charge in [-0.15, -0.1) is 21.5 Å². The summed E-state index contributed by atoms with van der Waals surface area (Å²) in [5.74, 6) is 0.761. The van der Waals surface area contributed by atoms with E-state index in [9.17, 15) is 9.18 Å². The normalized spacial score (nSPS) is 16.1. The molecule has 1 aliphatic rings. The van der Waals surface area contributed by atoms with Crippen LogP contribution < -0.4 is 5.32 Å². The molecule has 0 bridgehead atoms. The fourth-order valence-corrected chi connectivity index (χ4v) is 4.81. The summed E-state index contributed by atoms with van der Waals surface area (Å²) >= 11 is 3.00. The minimum Gasteiger partial charge on any atom is -0.376 e. The van der Waals surface area contributed by atoms with Gasteiger partial charge in [-0.1, -0.05) is 30.0 Å². The molecule has 1 aliphatic heterocycles. The Morgan fingerprint density at radius 1 is 1.30 bits per heavy atom. The Bertz CT molecular complexity index is 954. The first-order chi connectivity index (χ1) is 14.7. The van der Waals surface area contributed by atoms with E-state index in [-0.39, 0.29) is 23.6 Å². The Morgan fingerprint density at radius 2 is 2.17 bits per heavy atom. The van der Waals surface area contributed by atoms with Crippen LogP contribution in [0.1, 0.15) is 18.4 Å². The van der Waals surface area contributed by atoms with Crippen molar-refractivity contribution in [3.8, 4) is 10.7 Å². The van der Waals surface area contributed by atoms with Crippen molar-refractivity contribution in [1.82, 2.24) is 20.1 Å². The van der Waals surface area contributed by atoms with E-state index >= 15 is 0 Å². The summed E-state index contributed by atoms with van der Waals surface area (Å²) in [6.07, 6.45) is 2.91. The van der Waals surface area contributed by atoms with Crippen LogP contribution in [0.25, 0.3) is 10.7 Å². The monoisotopic (exact) mass is 446 g/mol. The Labute approximate surface area is 182 Å². The first-order valence-electron chi connectivity index (χ1n) is 9.91. The molecular weight excluding hydrogens is 423 g/mol. The van der Waals surface area contributed by atoms with Gasteiger partial charge < -0.3 is 10.1 Å². The topological polar surface area (TPSA) is 69.0 Å². The van der Waals surface area contributed by atoms with Gasteiger partial charge in [0.25, 0.3) is 0 Å². The Kier molecular flexibility index (Phi) is 7.14. The number of hydrogen-bond acceptors (Lipinski definition) is 6. The molecule has 1 amide bonds. The molecule has 30 heavy (non-hydrogen) atoms. The van der Waals surface area contributed by atoms with E-state index in [1.54, 1.807) is 23.5 Å². The molecule has 3 heterocycles. The van der Waals surface area contributed by atoms with E-state index in [4.69, 9.17) is 4.74 Å². The number of ether oxygens (including phenoxy) is 1. The number of thioether (sulfide) groups is 1. The highest BCUT2D eigenvalue weighted by Crippen LogP contribution is 2.29. The maximum absolute atomic E-state index is 13.0. The summed E-state index contributed by atoms with van der Waals surface area (Å²) in [4.78, 5) is 13.3. The second-order valence-electron chi connectivity index (χ2n) is 7.04. The van der Waals surface area contributed by atoms with E-state index in [0.29, 0.717) is 19.5 Å². The molecule has 2 aromatic heterocycles. The van der Waals surface area contributed by atoms with Crippen molar-refractivity contribution < 1.29 is 13.9 Å². The van der Waals surface area contributed by atoms with E-state index < -0.39 is 0 Å². The van der Waals surface area contributed by atoms with E-state index in [1.165, 1.54) is 23.9 Å². The summed E-state index contributed by atoms with van der Waals surface area (Å²) in [5, 5.41) is 14.4. The molecule has 0 saturated carbocycles. The van der Waals surface area contributed by atoms with Crippen molar-refractivity contribution in [3.63, 3.8) is 0 Å². The van der Waals surface area contributed by atoms with Crippen molar-refractivity contribution in [2.75, 3.05) is 18.9 Å². The minimum absolute atomic E-state index is 0.0635. The molecule has 4 rings (SSSR count). The Balaban J connectivity index is 1.34. The number of benzene rings is 1. The molecule has 1 atom stereocenters. The smallest absolute Gasteiger partial charge is 0.230 e. The maximum Gasteiger partial charge on any atom is 0.230 e. The first-order valence-corrected chi connectivity index (χ1v) is 11.8. The van der Waals surface area contributed by atoms with E-state index in [0.717, 1.165) is 40.9 Å². The number of aromatic nitrogens is 3. The molecule has 0 spiro atoms. The summed E-state index contributed by atoms with van der Waals surface area (Å²) in [6, 6.07) is 10.3. The van der Waals surface area contributed by atoms with Gasteiger partial charge in [0, 0.05) is 13.2 Å². The highest BCUT2D eigenvalue weighted by Gasteiger charge is 2.22. The molecule has 1 aromatic carbocycles. The lowest BCUT2D eigenvalue weighted by atomic mass is 10.1. The van der Waals surface area contributed by atoms with Gasteiger partial charge in [0.2, 0.25) is 5.91 Å². The van der Waals surface area contributed by atoms with Crippen molar-refractivity contribution in [1.29, 1.82) is 0 Å². The van der Waals surface area contributed by atoms with Crippen molar-refractivity contribution in [3.05, 3.63) is 53.2 Å². The van der Waals surface area contributed by atoms with Gasteiger partial charge in [0.15, 0.2) is 11.0 Å². The summed E-state index contributed by atoms with van der Waals surface area (Å²) < 4.78 is 20.8. The van der Waals surface area contributed by atoms with Crippen LogP contribution in [0.2, 0.25) is 0 Å². The van der Waals surface area contributed by atoms with Crippen molar-refractivity contribution >= 4 is 29.0 Å². The summed E-state index contributed by atoms with van der Waals surface area (Å²) in [7, 11) is 0. The molecule has 6 nitrogen and oxygen atoms in total. The lowest BCUT2D eigenvalue weighted by Crippen LogP contribution is -2.27. The highest BCUT2D eigenvalue weighted by atomic mass is 32.2. The van der Waals surface area contributed by atoms with E-state index in [1.807, 2.05) is 17.5 Å². The van der Waals surface area contributed by atoms with Crippen LogP contribution >= 0.6 is 23.1 Å². The highest BCUT2D eigenvalue weighted by molar-refractivity contribution is 7.99. The average molecular weight is 447 g/mol. The third-order valence-electron chi connectivity index (χ3n) is 4.85. The predicted molar refractivity (Wildman–Crippen MR) is 116 cm³/mol. The fraction of sp³-hybridized carbons (Fsp3) is 0.381. The first kappa shape index (κ1) is 21.0. The second-order valence-corrected chi connectivity index (χ2v) is 8.93. The largest absolute Gasteiger partial charge is 0.376 e. The van der Waals surface area contributed by atoms with Crippen LogP contribution in [0.5, 0.6) is 0 Å². The molecule has 1 fully saturated rings. The number of carbonyl (C=O) groups is 1. The summed E-state index contributed by atoms with van der Waals surface area (Å²) in [5.41, 5.74) is 0.987. The molecule has 3 aromatic rings. The quantitative estimate of drug-likeness (QED) is 0.507. The molecule has 0 aliphatic carbocycles. The van der Waals surface area contributed by atoms with E-state index in [2.05, 4.69) is 20.1 Å². The number of nitrogens with zero attached hydrogens (tertiary/aromatic N) is 3. The maximum atomic E-state index is 13.0. The number of nitrogens with one attached hydrogen (secondary N) is 1. The number of hydrogen-bond donors (Lipinski definition) is 1. The number of halogens is 1. The third-order valence-corrected chi connectivity index (χ3v) is 6.68. The van der Waals surface area contributed by atoms with Crippen LogP contribution in [0, 0.1) is 5.82 Å². The van der Waals surface area contributed by atoms with Crippen LogP contribution in [0.15, 0.2) is 46.9 Å². The van der Waals surface area contributed by atoms with Crippen LogP contribution in [-0.2, 0) is 22.5 Å². The SMILES string of the molecule is O=C(CSc1nnc(-c2cccs2)n1C[C@H]1CCCO1)NCCc1ccc(F)cc1. The molecule has 1 N–H and O–H groups in total. The van der Waals surface area contributed by atoms with Crippen LogP contribution in [0.3, 0.4) is 0 Å². The average Bonchev–Trinajstić information content (AvgIpc) is 3.51. The second kappa shape index (κ2) is 10.2. The number of rotatable bonds is 9. The van der Waals surface area contributed by atoms with Crippen LogP contribution in [-0.4, -0.2) is 45.7 Å². The number of carbonyl (C=O) groups excluding carboxylic acids is 1. The van der Waals surface area contributed by atoms with Gasteiger partial charge >= 0.3 is 0 Å². The van der Waals surface area contributed by atoms with Crippen molar-refractivity contribution in [2.45, 2.75) is 37.1 Å². The van der Waals surface area contributed by atoms with Gasteiger partial charge in [-0.3, -0.25) is 9.36 Å². The summed E-state index contributed by atoms with van der Waals surface area (Å²) in [6.45, 7) is 1.99.